The smallest absolute Gasteiger partial charge is 0.335 e. The molecule has 1 heterocycles. The Morgan fingerprint density at radius 3 is 2.86 bits per heavy atom. The first-order valence-corrected chi connectivity index (χ1v) is 4.64. The number of carboxylic acid groups (broad SMARTS) is 1. The lowest BCUT2D eigenvalue weighted by Crippen LogP contribution is -2.30. The molecule has 0 saturated heterocycles. The first-order valence-electron chi connectivity index (χ1n) is 4.64. The standard InChI is InChI=1S/C11H13NO2/c1-7-5-8-3-4-9(11(13)14)6-10(8)12(7)2/h3-6,8,10H,1-2H3,(H,13,14). The molecule has 2 unspecified atom stereocenters. The van der Waals surface area contributed by atoms with Crippen molar-refractivity contribution in [3.05, 3.63) is 35.6 Å². The van der Waals surface area contributed by atoms with E-state index in [-0.39, 0.29) is 6.04 Å². The summed E-state index contributed by atoms with van der Waals surface area (Å²) in [6.45, 7) is 2.04. The van der Waals surface area contributed by atoms with Gasteiger partial charge in [0.15, 0.2) is 0 Å². The van der Waals surface area contributed by atoms with E-state index in [0.29, 0.717) is 11.5 Å². The molecule has 0 bridgehead atoms. The minimum Gasteiger partial charge on any atom is -0.478 e. The largest absolute Gasteiger partial charge is 0.478 e. The van der Waals surface area contributed by atoms with Crippen molar-refractivity contribution in [2.24, 2.45) is 5.92 Å². The van der Waals surface area contributed by atoms with Crippen molar-refractivity contribution >= 4 is 5.97 Å². The maximum absolute atomic E-state index is 10.8. The number of nitrogens with zero attached hydrogens (tertiary/aromatic N) is 1. The molecule has 0 aromatic heterocycles. The molecule has 1 aliphatic carbocycles. The molecule has 0 aromatic carbocycles. The van der Waals surface area contributed by atoms with Gasteiger partial charge in [0.2, 0.25) is 0 Å². The van der Waals surface area contributed by atoms with Crippen LogP contribution in [0.25, 0.3) is 0 Å². The second kappa shape index (κ2) is 3.01. The molecule has 3 heteroatoms. The summed E-state index contributed by atoms with van der Waals surface area (Å²) in [6.07, 6.45) is 7.63. The third-order valence-corrected chi connectivity index (χ3v) is 2.93. The summed E-state index contributed by atoms with van der Waals surface area (Å²) in [7, 11) is 1.99. The van der Waals surface area contributed by atoms with E-state index in [9.17, 15) is 4.79 Å². The lowest BCUT2D eigenvalue weighted by atomic mass is 9.93. The first-order chi connectivity index (χ1) is 6.59. The van der Waals surface area contributed by atoms with Crippen LogP contribution in [-0.4, -0.2) is 29.1 Å². The van der Waals surface area contributed by atoms with Crippen molar-refractivity contribution in [1.82, 2.24) is 4.90 Å². The van der Waals surface area contributed by atoms with E-state index in [1.807, 2.05) is 26.1 Å². The highest BCUT2D eigenvalue weighted by Gasteiger charge is 2.30. The molecule has 0 radical (unpaired) electrons. The number of hydrogen-bond donors (Lipinski definition) is 1. The number of carbonyl (C=O) groups is 1. The molecule has 3 nitrogen and oxygen atoms in total. The molecule has 74 valence electrons. The van der Waals surface area contributed by atoms with Crippen LogP contribution in [0.1, 0.15) is 6.92 Å². The lowest BCUT2D eigenvalue weighted by Gasteiger charge is -2.26. The fourth-order valence-corrected chi connectivity index (χ4v) is 1.98. The van der Waals surface area contributed by atoms with E-state index in [4.69, 9.17) is 5.11 Å². The van der Waals surface area contributed by atoms with Gasteiger partial charge in [-0.25, -0.2) is 4.79 Å². The molecule has 14 heavy (non-hydrogen) atoms. The van der Waals surface area contributed by atoms with Gasteiger partial charge in [0, 0.05) is 18.7 Å². The van der Waals surface area contributed by atoms with Crippen molar-refractivity contribution in [2.45, 2.75) is 13.0 Å². The Morgan fingerprint density at radius 2 is 2.21 bits per heavy atom. The first kappa shape index (κ1) is 9.06. The summed E-state index contributed by atoms with van der Waals surface area (Å²) in [5.74, 6) is -0.513. The number of allylic oxidation sites excluding steroid dienone is 1. The maximum atomic E-state index is 10.8. The zero-order chi connectivity index (χ0) is 10.3. The van der Waals surface area contributed by atoms with Gasteiger partial charge in [-0.1, -0.05) is 18.2 Å². The number of likely N-dealkylation sites (N-methyl/N-ethyl adjacent to an activating group) is 1. The van der Waals surface area contributed by atoms with Crippen molar-refractivity contribution in [3.8, 4) is 0 Å². The second-order valence-corrected chi connectivity index (χ2v) is 3.77. The SMILES string of the molecule is CC1=CC2C=CC(C(=O)O)=CC2N1C. The van der Waals surface area contributed by atoms with E-state index in [0.717, 1.165) is 0 Å². The average molecular weight is 191 g/mol. The Bertz CT molecular complexity index is 365. The molecule has 2 rings (SSSR count). The number of fused-ring (bicyclic) bond motifs is 1. The number of rotatable bonds is 1. The summed E-state index contributed by atoms with van der Waals surface area (Å²) >= 11 is 0. The molecule has 0 aromatic rings. The van der Waals surface area contributed by atoms with Gasteiger partial charge in [-0.3, -0.25) is 0 Å². The zero-order valence-electron chi connectivity index (χ0n) is 8.27. The highest BCUT2D eigenvalue weighted by Crippen LogP contribution is 2.31. The van der Waals surface area contributed by atoms with E-state index in [2.05, 4.69) is 11.0 Å². The van der Waals surface area contributed by atoms with Crippen LogP contribution in [0.2, 0.25) is 0 Å². The lowest BCUT2D eigenvalue weighted by molar-refractivity contribution is -0.132. The van der Waals surface area contributed by atoms with Crippen molar-refractivity contribution < 1.29 is 9.90 Å². The van der Waals surface area contributed by atoms with Gasteiger partial charge in [-0.2, -0.15) is 0 Å². The van der Waals surface area contributed by atoms with Gasteiger partial charge in [0.1, 0.15) is 0 Å². The molecular formula is C11H13NO2. The van der Waals surface area contributed by atoms with Crippen LogP contribution in [0, 0.1) is 5.92 Å². The van der Waals surface area contributed by atoms with Crippen LogP contribution in [0.3, 0.4) is 0 Å². The van der Waals surface area contributed by atoms with Gasteiger partial charge < -0.3 is 10.0 Å². The summed E-state index contributed by atoms with van der Waals surface area (Å²) in [5.41, 5.74) is 1.59. The third kappa shape index (κ3) is 1.25. The zero-order valence-corrected chi connectivity index (χ0v) is 8.27. The number of carboxylic acids is 1. The molecule has 0 saturated carbocycles. The minimum absolute atomic E-state index is 0.186. The third-order valence-electron chi connectivity index (χ3n) is 2.93. The van der Waals surface area contributed by atoms with E-state index in [1.165, 1.54) is 5.70 Å². The fraction of sp³-hybridized carbons (Fsp3) is 0.364. The van der Waals surface area contributed by atoms with Gasteiger partial charge >= 0.3 is 5.97 Å². The molecule has 2 atom stereocenters. The van der Waals surface area contributed by atoms with E-state index in [1.54, 1.807) is 6.08 Å². The van der Waals surface area contributed by atoms with Gasteiger partial charge in [0.25, 0.3) is 0 Å². The summed E-state index contributed by atoms with van der Waals surface area (Å²) in [6, 6.07) is 0.186. The van der Waals surface area contributed by atoms with Crippen LogP contribution in [-0.2, 0) is 4.79 Å². The molecule has 1 N–H and O–H groups in total. The van der Waals surface area contributed by atoms with Crippen LogP contribution < -0.4 is 0 Å². The fourth-order valence-electron chi connectivity index (χ4n) is 1.98. The normalized spacial score (nSPS) is 29.7. The Kier molecular flexibility index (Phi) is 1.95. The molecular weight excluding hydrogens is 178 g/mol. The Hall–Kier alpha value is -1.51. The van der Waals surface area contributed by atoms with Crippen LogP contribution in [0.5, 0.6) is 0 Å². The van der Waals surface area contributed by atoms with E-state index < -0.39 is 5.97 Å². The van der Waals surface area contributed by atoms with Gasteiger partial charge in [-0.05, 0) is 13.0 Å². The predicted molar refractivity (Wildman–Crippen MR) is 53.7 cm³/mol. The van der Waals surface area contributed by atoms with Gasteiger partial charge in [-0.15, -0.1) is 0 Å². The highest BCUT2D eigenvalue weighted by atomic mass is 16.4. The van der Waals surface area contributed by atoms with Crippen molar-refractivity contribution in [3.63, 3.8) is 0 Å². The van der Waals surface area contributed by atoms with Crippen molar-refractivity contribution in [1.29, 1.82) is 0 Å². The number of aliphatic carboxylic acids is 1. The summed E-state index contributed by atoms with van der Waals surface area (Å²) < 4.78 is 0. The average Bonchev–Trinajstić information content (AvgIpc) is 2.43. The molecule has 0 amide bonds. The molecule has 0 spiro atoms. The Balaban J connectivity index is 2.29. The minimum atomic E-state index is -0.849. The topological polar surface area (TPSA) is 40.5 Å². The monoisotopic (exact) mass is 191 g/mol. The summed E-state index contributed by atoms with van der Waals surface area (Å²) in [5, 5.41) is 8.86. The quantitative estimate of drug-likeness (QED) is 0.681. The highest BCUT2D eigenvalue weighted by molar-refractivity contribution is 5.90. The van der Waals surface area contributed by atoms with Crippen LogP contribution >= 0.6 is 0 Å². The second-order valence-electron chi connectivity index (χ2n) is 3.77. The summed E-state index contributed by atoms with van der Waals surface area (Å²) in [4.78, 5) is 12.9. The van der Waals surface area contributed by atoms with Gasteiger partial charge in [0.05, 0.1) is 11.6 Å². The molecule has 0 fully saturated rings. The van der Waals surface area contributed by atoms with Crippen LogP contribution in [0.15, 0.2) is 35.6 Å². The van der Waals surface area contributed by atoms with Crippen LogP contribution in [0.4, 0.5) is 0 Å². The van der Waals surface area contributed by atoms with E-state index >= 15 is 0 Å². The molecule has 2 aliphatic rings. The predicted octanol–water partition coefficient (Wildman–Crippen LogP) is 1.40. The maximum Gasteiger partial charge on any atom is 0.335 e. The van der Waals surface area contributed by atoms with Crippen molar-refractivity contribution in [2.75, 3.05) is 7.05 Å². The molecule has 1 aliphatic heterocycles. The Morgan fingerprint density at radius 1 is 1.50 bits per heavy atom. The number of hydrogen-bond acceptors (Lipinski definition) is 2. The Labute approximate surface area is 83.0 Å².